The van der Waals surface area contributed by atoms with E-state index in [4.69, 9.17) is 16.0 Å². The van der Waals surface area contributed by atoms with Crippen LogP contribution in [0.15, 0.2) is 126 Å². The third-order valence-electron chi connectivity index (χ3n) is 7.29. The van der Waals surface area contributed by atoms with Crippen molar-refractivity contribution >= 4 is 92.9 Å². The first-order chi connectivity index (χ1) is 18.8. The minimum atomic E-state index is 0.694. The smallest absolute Gasteiger partial charge is 0.160 e. The molecule has 0 bridgehead atoms. The number of hydrogen-bond donors (Lipinski definition) is 0. The number of anilines is 3. The van der Waals surface area contributed by atoms with Crippen LogP contribution in [0.5, 0.6) is 0 Å². The second kappa shape index (κ2) is 8.35. The Hall–Kier alpha value is -4.31. The van der Waals surface area contributed by atoms with E-state index >= 15 is 0 Å². The van der Waals surface area contributed by atoms with Gasteiger partial charge in [0.05, 0.1) is 10.7 Å². The summed E-state index contributed by atoms with van der Waals surface area (Å²) < 4.78 is 9.19. The molecule has 6 aromatic carbocycles. The fourth-order valence-corrected chi connectivity index (χ4v) is 6.97. The topological polar surface area (TPSA) is 16.4 Å². The minimum absolute atomic E-state index is 0.694. The fraction of sp³-hybridized carbons (Fsp3) is 0. The van der Waals surface area contributed by atoms with Crippen molar-refractivity contribution in [3.05, 3.63) is 126 Å². The van der Waals surface area contributed by atoms with Crippen LogP contribution < -0.4 is 4.90 Å². The highest BCUT2D eigenvalue weighted by atomic mass is 35.5. The summed E-state index contributed by atoms with van der Waals surface area (Å²) in [6.45, 7) is 0. The zero-order valence-corrected chi connectivity index (χ0v) is 21.8. The van der Waals surface area contributed by atoms with E-state index in [2.05, 4.69) is 108 Å². The van der Waals surface area contributed by atoms with E-state index in [0.29, 0.717) is 5.02 Å². The number of rotatable bonds is 3. The van der Waals surface area contributed by atoms with Gasteiger partial charge in [0.25, 0.3) is 0 Å². The van der Waals surface area contributed by atoms with Gasteiger partial charge in [-0.2, -0.15) is 0 Å². The summed E-state index contributed by atoms with van der Waals surface area (Å²) in [6, 6.07) is 42.5. The molecule has 0 radical (unpaired) electrons. The Morgan fingerprint density at radius 3 is 2.24 bits per heavy atom. The number of halogens is 1. The summed E-state index contributed by atoms with van der Waals surface area (Å²) >= 11 is 8.56. The van der Waals surface area contributed by atoms with Crippen LogP contribution in [0.1, 0.15) is 0 Å². The molecule has 0 saturated heterocycles. The molecule has 0 atom stereocenters. The summed E-state index contributed by atoms with van der Waals surface area (Å²) in [5.41, 5.74) is 4.77. The minimum Gasteiger partial charge on any atom is -0.454 e. The lowest BCUT2D eigenvalue weighted by Crippen LogP contribution is -2.10. The molecular weight excluding hydrogens is 506 g/mol. The van der Waals surface area contributed by atoms with Gasteiger partial charge in [-0.3, -0.25) is 0 Å². The third-order valence-corrected chi connectivity index (χ3v) is 8.76. The standard InChI is InChI=1S/C34H20ClNOS/c35-28-14-8-15-29-32(28)27-19-21-9-4-5-12-24(21)33(34(27)37-29)36(22-10-2-1-3-11-22)23-17-18-31-26(20-23)25-13-6-7-16-30(25)38-31/h1-20H. The van der Waals surface area contributed by atoms with E-state index in [9.17, 15) is 0 Å². The zero-order valence-electron chi connectivity index (χ0n) is 20.2. The van der Waals surface area contributed by atoms with Gasteiger partial charge in [0.15, 0.2) is 5.58 Å². The molecule has 8 aromatic rings. The predicted molar refractivity (Wildman–Crippen MR) is 164 cm³/mol. The molecule has 2 aromatic heterocycles. The van der Waals surface area contributed by atoms with Gasteiger partial charge in [-0.15, -0.1) is 11.3 Å². The van der Waals surface area contributed by atoms with Crippen molar-refractivity contribution in [1.29, 1.82) is 0 Å². The first kappa shape index (κ1) is 21.7. The van der Waals surface area contributed by atoms with E-state index in [-0.39, 0.29) is 0 Å². The molecule has 180 valence electrons. The van der Waals surface area contributed by atoms with Crippen LogP contribution in [0.3, 0.4) is 0 Å². The first-order valence-electron chi connectivity index (χ1n) is 12.6. The maximum absolute atomic E-state index is 6.73. The molecule has 2 heterocycles. The van der Waals surface area contributed by atoms with Crippen LogP contribution in [0.25, 0.3) is 52.9 Å². The Kier molecular flexibility index (Phi) is 4.78. The molecule has 0 fully saturated rings. The Morgan fingerprint density at radius 1 is 0.579 bits per heavy atom. The second-order valence-electron chi connectivity index (χ2n) is 9.49. The first-order valence-corrected chi connectivity index (χ1v) is 13.7. The van der Waals surface area contributed by atoms with Gasteiger partial charge in [0, 0.05) is 47.7 Å². The number of thiophene rings is 1. The van der Waals surface area contributed by atoms with Crippen LogP contribution in [-0.2, 0) is 0 Å². The lowest BCUT2D eigenvalue weighted by Gasteiger charge is -2.27. The normalized spacial score (nSPS) is 11.8. The van der Waals surface area contributed by atoms with E-state index in [1.165, 1.54) is 20.2 Å². The van der Waals surface area contributed by atoms with Gasteiger partial charge in [0.1, 0.15) is 5.58 Å². The van der Waals surface area contributed by atoms with Crippen molar-refractivity contribution < 1.29 is 4.42 Å². The quantitative estimate of drug-likeness (QED) is 0.228. The summed E-state index contributed by atoms with van der Waals surface area (Å²) in [4.78, 5) is 2.33. The number of para-hydroxylation sites is 1. The molecule has 0 N–H and O–H groups in total. The highest BCUT2D eigenvalue weighted by Crippen LogP contribution is 2.48. The van der Waals surface area contributed by atoms with Crippen LogP contribution in [-0.4, -0.2) is 0 Å². The van der Waals surface area contributed by atoms with Gasteiger partial charge in [-0.1, -0.05) is 78.3 Å². The molecule has 0 aliphatic heterocycles. The molecule has 0 aliphatic carbocycles. The van der Waals surface area contributed by atoms with Gasteiger partial charge in [0.2, 0.25) is 0 Å². The number of benzene rings is 6. The van der Waals surface area contributed by atoms with Crippen LogP contribution >= 0.6 is 22.9 Å². The average molecular weight is 526 g/mol. The Labute approximate surface area is 227 Å². The number of nitrogens with zero attached hydrogens (tertiary/aromatic N) is 1. The third kappa shape index (κ3) is 3.19. The number of hydrogen-bond acceptors (Lipinski definition) is 3. The highest BCUT2D eigenvalue weighted by molar-refractivity contribution is 7.25. The average Bonchev–Trinajstić information content (AvgIpc) is 3.52. The van der Waals surface area contributed by atoms with E-state index in [1.807, 2.05) is 29.5 Å². The monoisotopic (exact) mass is 525 g/mol. The molecule has 2 nitrogen and oxygen atoms in total. The van der Waals surface area contributed by atoms with Gasteiger partial charge >= 0.3 is 0 Å². The summed E-state index contributed by atoms with van der Waals surface area (Å²) in [5.74, 6) is 0. The van der Waals surface area contributed by atoms with Crippen molar-refractivity contribution in [2.45, 2.75) is 0 Å². The van der Waals surface area contributed by atoms with Crippen LogP contribution in [0.2, 0.25) is 5.02 Å². The maximum atomic E-state index is 6.73. The molecule has 0 saturated carbocycles. The molecule has 0 aliphatic rings. The fourth-order valence-electron chi connectivity index (χ4n) is 5.62. The molecule has 8 rings (SSSR count). The van der Waals surface area contributed by atoms with E-state index in [1.54, 1.807) is 0 Å². The van der Waals surface area contributed by atoms with Crippen molar-refractivity contribution in [3.8, 4) is 0 Å². The molecule has 38 heavy (non-hydrogen) atoms. The van der Waals surface area contributed by atoms with Gasteiger partial charge in [-0.05, 0) is 60.0 Å². The summed E-state index contributed by atoms with van der Waals surface area (Å²) in [5, 5.41) is 7.45. The maximum Gasteiger partial charge on any atom is 0.160 e. The van der Waals surface area contributed by atoms with Crippen molar-refractivity contribution in [2.75, 3.05) is 4.90 Å². The highest BCUT2D eigenvalue weighted by Gasteiger charge is 2.23. The summed E-state index contributed by atoms with van der Waals surface area (Å²) in [6.07, 6.45) is 0. The van der Waals surface area contributed by atoms with Gasteiger partial charge < -0.3 is 9.32 Å². The second-order valence-corrected chi connectivity index (χ2v) is 11.0. The molecule has 0 spiro atoms. The Morgan fingerprint density at radius 2 is 1.34 bits per heavy atom. The number of furan rings is 1. The molecule has 0 unspecified atom stereocenters. The SMILES string of the molecule is Clc1cccc2oc3c(N(c4ccccc4)c4ccc5sc6ccccc6c5c4)c4ccccc4cc3c12. The molecule has 0 amide bonds. The Balaban J connectivity index is 1.52. The van der Waals surface area contributed by atoms with Crippen LogP contribution in [0, 0.1) is 0 Å². The largest absolute Gasteiger partial charge is 0.454 e. The Bertz CT molecular complexity index is 2160. The predicted octanol–water partition coefficient (Wildman–Crippen LogP) is 11.2. The lowest BCUT2D eigenvalue weighted by molar-refractivity contribution is 0.669. The van der Waals surface area contributed by atoms with E-state index < -0.39 is 0 Å². The lowest BCUT2D eigenvalue weighted by atomic mass is 10.0. The van der Waals surface area contributed by atoms with E-state index in [0.717, 1.165) is 49.8 Å². The van der Waals surface area contributed by atoms with Crippen molar-refractivity contribution in [2.24, 2.45) is 0 Å². The zero-order chi connectivity index (χ0) is 25.2. The van der Waals surface area contributed by atoms with Crippen molar-refractivity contribution in [3.63, 3.8) is 0 Å². The van der Waals surface area contributed by atoms with Crippen molar-refractivity contribution in [1.82, 2.24) is 0 Å². The molecular formula is C34H20ClNOS. The number of fused-ring (bicyclic) bond motifs is 7. The summed E-state index contributed by atoms with van der Waals surface area (Å²) in [7, 11) is 0. The van der Waals surface area contributed by atoms with Crippen LogP contribution in [0.4, 0.5) is 17.1 Å². The van der Waals surface area contributed by atoms with Gasteiger partial charge in [-0.25, -0.2) is 0 Å². The molecule has 4 heteroatoms.